The van der Waals surface area contributed by atoms with E-state index in [0.717, 1.165) is 21.8 Å². The predicted octanol–water partition coefficient (Wildman–Crippen LogP) is 3.62. The number of halogens is 1. The molecule has 0 radical (unpaired) electrons. The Balaban J connectivity index is 2.37. The fourth-order valence-electron chi connectivity index (χ4n) is 1.24. The molecule has 0 bridgehead atoms. The van der Waals surface area contributed by atoms with Crippen molar-refractivity contribution in [1.29, 1.82) is 0 Å². The van der Waals surface area contributed by atoms with E-state index in [-0.39, 0.29) is 0 Å². The second-order valence-corrected chi connectivity index (χ2v) is 4.40. The monoisotopic (exact) mass is 266 g/mol. The van der Waals surface area contributed by atoms with Crippen molar-refractivity contribution in [3.05, 3.63) is 35.0 Å². The molecule has 2 aromatic rings. The lowest BCUT2D eigenvalue weighted by atomic mass is 10.2. The van der Waals surface area contributed by atoms with E-state index in [2.05, 4.69) is 39.7 Å². The van der Waals surface area contributed by atoms with Crippen molar-refractivity contribution in [1.82, 2.24) is 9.97 Å². The Labute approximate surface area is 96.7 Å². The van der Waals surface area contributed by atoms with Crippen LogP contribution in [0.2, 0.25) is 0 Å². The van der Waals surface area contributed by atoms with Crippen LogP contribution in [0.5, 0.6) is 0 Å². The Bertz CT molecular complexity index is 465. The maximum absolute atomic E-state index is 5.63. The van der Waals surface area contributed by atoms with Crippen LogP contribution < -0.4 is 0 Å². The number of nitrogens with zero attached hydrogens (tertiary/aromatic N) is 2. The number of hydrogen-bond donors (Lipinski definition) is 0. The number of aromatic nitrogens is 2. The standard InChI is InChI=1S/C11H11BrN2O/c1-7(2)11-14-6-9(15-11)8-3-4-13-10(12)5-8/h3-7H,1-2H3. The molecule has 0 atom stereocenters. The zero-order valence-corrected chi connectivity index (χ0v) is 10.2. The van der Waals surface area contributed by atoms with Gasteiger partial charge in [0.25, 0.3) is 0 Å². The van der Waals surface area contributed by atoms with Gasteiger partial charge in [-0.15, -0.1) is 0 Å². The van der Waals surface area contributed by atoms with E-state index >= 15 is 0 Å². The highest BCUT2D eigenvalue weighted by Gasteiger charge is 2.09. The van der Waals surface area contributed by atoms with Crippen LogP contribution in [-0.2, 0) is 0 Å². The smallest absolute Gasteiger partial charge is 0.197 e. The molecule has 2 aromatic heterocycles. The minimum absolute atomic E-state index is 0.309. The largest absolute Gasteiger partial charge is 0.440 e. The van der Waals surface area contributed by atoms with Gasteiger partial charge in [-0.25, -0.2) is 9.97 Å². The predicted molar refractivity (Wildman–Crippen MR) is 61.5 cm³/mol. The fraction of sp³-hybridized carbons (Fsp3) is 0.273. The van der Waals surface area contributed by atoms with Gasteiger partial charge in [-0.1, -0.05) is 13.8 Å². The van der Waals surface area contributed by atoms with Gasteiger partial charge in [-0.05, 0) is 28.1 Å². The molecule has 0 spiro atoms. The highest BCUT2D eigenvalue weighted by atomic mass is 79.9. The molecule has 0 fully saturated rings. The van der Waals surface area contributed by atoms with Gasteiger partial charge in [-0.2, -0.15) is 0 Å². The molecule has 0 aliphatic rings. The van der Waals surface area contributed by atoms with Gasteiger partial charge in [0.15, 0.2) is 11.7 Å². The summed E-state index contributed by atoms with van der Waals surface area (Å²) >= 11 is 3.32. The maximum atomic E-state index is 5.63. The van der Waals surface area contributed by atoms with E-state index in [1.807, 2.05) is 12.1 Å². The number of oxazole rings is 1. The third-order valence-electron chi connectivity index (χ3n) is 2.03. The van der Waals surface area contributed by atoms with Crippen LogP contribution >= 0.6 is 15.9 Å². The summed E-state index contributed by atoms with van der Waals surface area (Å²) in [6.07, 6.45) is 3.48. The zero-order valence-electron chi connectivity index (χ0n) is 8.57. The molecule has 4 heteroatoms. The molecule has 2 rings (SSSR count). The van der Waals surface area contributed by atoms with Gasteiger partial charge in [0.05, 0.1) is 6.20 Å². The summed E-state index contributed by atoms with van der Waals surface area (Å²) in [4.78, 5) is 8.28. The molecule has 2 heterocycles. The molecule has 15 heavy (non-hydrogen) atoms. The fourth-order valence-corrected chi connectivity index (χ4v) is 1.61. The Hall–Kier alpha value is -1.16. The minimum Gasteiger partial charge on any atom is -0.440 e. The Morgan fingerprint density at radius 1 is 1.33 bits per heavy atom. The molecule has 0 aliphatic carbocycles. The van der Waals surface area contributed by atoms with Crippen molar-refractivity contribution in [3.63, 3.8) is 0 Å². The summed E-state index contributed by atoms with van der Waals surface area (Å²) in [5.41, 5.74) is 0.983. The summed E-state index contributed by atoms with van der Waals surface area (Å²) in [6, 6.07) is 3.81. The average molecular weight is 267 g/mol. The summed E-state index contributed by atoms with van der Waals surface area (Å²) in [5, 5.41) is 0. The first-order valence-corrected chi connectivity index (χ1v) is 5.54. The normalized spacial score (nSPS) is 10.9. The van der Waals surface area contributed by atoms with Crippen molar-refractivity contribution in [2.24, 2.45) is 0 Å². The Kier molecular flexibility index (Phi) is 2.86. The number of rotatable bonds is 2. The molecule has 78 valence electrons. The van der Waals surface area contributed by atoms with Crippen molar-refractivity contribution in [2.45, 2.75) is 19.8 Å². The van der Waals surface area contributed by atoms with Crippen LogP contribution in [0.1, 0.15) is 25.7 Å². The zero-order chi connectivity index (χ0) is 10.8. The quantitative estimate of drug-likeness (QED) is 0.780. The van der Waals surface area contributed by atoms with Gasteiger partial charge < -0.3 is 4.42 Å². The van der Waals surface area contributed by atoms with Crippen LogP contribution in [-0.4, -0.2) is 9.97 Å². The summed E-state index contributed by atoms with van der Waals surface area (Å²) in [6.45, 7) is 4.11. The van der Waals surface area contributed by atoms with Gasteiger partial charge in [-0.3, -0.25) is 0 Å². The molecule has 0 unspecified atom stereocenters. The molecule has 0 saturated carbocycles. The van der Waals surface area contributed by atoms with Gasteiger partial charge in [0.1, 0.15) is 4.60 Å². The first kappa shape index (κ1) is 10.4. The molecule has 3 nitrogen and oxygen atoms in total. The first-order valence-electron chi connectivity index (χ1n) is 4.74. The van der Waals surface area contributed by atoms with E-state index in [9.17, 15) is 0 Å². The molecule has 0 aromatic carbocycles. The summed E-state index contributed by atoms with van der Waals surface area (Å²) in [5.74, 6) is 1.85. The molecular weight excluding hydrogens is 256 g/mol. The van der Waals surface area contributed by atoms with Crippen molar-refractivity contribution in [3.8, 4) is 11.3 Å². The minimum atomic E-state index is 0.309. The van der Waals surface area contributed by atoms with E-state index in [4.69, 9.17) is 4.42 Å². The first-order chi connectivity index (χ1) is 7.16. The van der Waals surface area contributed by atoms with Gasteiger partial charge in [0.2, 0.25) is 0 Å². The topological polar surface area (TPSA) is 38.9 Å². The van der Waals surface area contributed by atoms with Crippen molar-refractivity contribution in [2.75, 3.05) is 0 Å². The lowest BCUT2D eigenvalue weighted by Gasteiger charge is -1.98. The third kappa shape index (κ3) is 2.26. The van der Waals surface area contributed by atoms with Crippen LogP contribution in [0.25, 0.3) is 11.3 Å². The van der Waals surface area contributed by atoms with Crippen LogP contribution in [0, 0.1) is 0 Å². The maximum Gasteiger partial charge on any atom is 0.197 e. The molecule has 0 amide bonds. The highest BCUT2D eigenvalue weighted by molar-refractivity contribution is 9.10. The van der Waals surface area contributed by atoms with Crippen LogP contribution in [0.4, 0.5) is 0 Å². The van der Waals surface area contributed by atoms with Crippen LogP contribution in [0.15, 0.2) is 33.5 Å². The Morgan fingerprint density at radius 3 is 2.73 bits per heavy atom. The molecule has 0 N–H and O–H groups in total. The lowest BCUT2D eigenvalue weighted by molar-refractivity contribution is 0.481. The second kappa shape index (κ2) is 4.14. The molecule has 0 aliphatic heterocycles. The Morgan fingerprint density at radius 2 is 2.13 bits per heavy atom. The summed E-state index contributed by atoms with van der Waals surface area (Å²) < 4.78 is 6.42. The van der Waals surface area contributed by atoms with Crippen molar-refractivity contribution >= 4 is 15.9 Å². The summed E-state index contributed by atoms with van der Waals surface area (Å²) in [7, 11) is 0. The van der Waals surface area contributed by atoms with E-state index in [1.165, 1.54) is 0 Å². The molecular formula is C11H11BrN2O. The van der Waals surface area contributed by atoms with E-state index < -0.39 is 0 Å². The van der Waals surface area contributed by atoms with Crippen LogP contribution in [0.3, 0.4) is 0 Å². The van der Waals surface area contributed by atoms with Crippen molar-refractivity contribution < 1.29 is 4.42 Å². The van der Waals surface area contributed by atoms with Gasteiger partial charge in [0, 0.05) is 17.7 Å². The number of pyridine rings is 1. The van der Waals surface area contributed by atoms with Gasteiger partial charge >= 0.3 is 0 Å². The molecule has 0 saturated heterocycles. The highest BCUT2D eigenvalue weighted by Crippen LogP contribution is 2.24. The average Bonchev–Trinajstić information content (AvgIpc) is 2.66. The number of hydrogen-bond acceptors (Lipinski definition) is 3. The van der Waals surface area contributed by atoms with E-state index in [0.29, 0.717) is 5.92 Å². The SMILES string of the molecule is CC(C)c1ncc(-c2ccnc(Br)c2)o1. The third-order valence-corrected chi connectivity index (χ3v) is 2.46. The second-order valence-electron chi connectivity index (χ2n) is 3.58. The van der Waals surface area contributed by atoms with E-state index in [1.54, 1.807) is 12.4 Å². The lowest BCUT2D eigenvalue weighted by Crippen LogP contribution is -1.84.